The first-order valence-corrected chi connectivity index (χ1v) is 9.94. The van der Waals surface area contributed by atoms with Crippen molar-refractivity contribution in [2.24, 2.45) is 0 Å². The molecule has 7 nitrogen and oxygen atoms in total. The third-order valence-corrected chi connectivity index (χ3v) is 4.77. The zero-order valence-electron chi connectivity index (χ0n) is 16.8. The highest BCUT2D eigenvalue weighted by atomic mass is 16.5. The summed E-state index contributed by atoms with van der Waals surface area (Å²) in [6, 6.07) is 17.1. The second-order valence-electron chi connectivity index (χ2n) is 6.91. The van der Waals surface area contributed by atoms with Crippen molar-refractivity contribution < 1.29 is 14.3 Å². The van der Waals surface area contributed by atoms with Crippen LogP contribution >= 0.6 is 0 Å². The number of amides is 2. The van der Waals surface area contributed by atoms with Crippen LogP contribution in [0.3, 0.4) is 0 Å². The third-order valence-electron chi connectivity index (χ3n) is 4.77. The lowest BCUT2D eigenvalue weighted by atomic mass is 10.2. The zero-order valence-corrected chi connectivity index (χ0v) is 16.8. The van der Waals surface area contributed by atoms with E-state index in [1.807, 2.05) is 61.5 Å². The molecule has 0 radical (unpaired) electrons. The van der Waals surface area contributed by atoms with Gasteiger partial charge in [-0.25, -0.2) is 0 Å². The zero-order chi connectivity index (χ0) is 20.5. The van der Waals surface area contributed by atoms with Crippen LogP contribution in [0.5, 0.6) is 0 Å². The van der Waals surface area contributed by atoms with E-state index in [-0.39, 0.29) is 24.9 Å². The Bertz CT molecular complexity index is 789. The van der Waals surface area contributed by atoms with Gasteiger partial charge in [-0.05, 0) is 42.9 Å². The molecule has 1 heterocycles. The molecule has 1 saturated heterocycles. The van der Waals surface area contributed by atoms with E-state index in [1.165, 1.54) is 0 Å². The molecule has 0 saturated carbocycles. The number of anilines is 3. The van der Waals surface area contributed by atoms with Crippen LogP contribution in [0.15, 0.2) is 54.6 Å². The van der Waals surface area contributed by atoms with E-state index in [1.54, 1.807) is 4.90 Å². The predicted octanol–water partition coefficient (Wildman–Crippen LogP) is 2.42. The fraction of sp³-hybridized carbons (Fsp3) is 0.364. The van der Waals surface area contributed by atoms with Gasteiger partial charge in [-0.3, -0.25) is 14.5 Å². The van der Waals surface area contributed by atoms with E-state index in [4.69, 9.17) is 4.74 Å². The highest BCUT2D eigenvalue weighted by molar-refractivity contribution is 5.94. The number of nitrogens with zero attached hydrogens (tertiary/aromatic N) is 2. The normalized spacial score (nSPS) is 13.9. The Labute approximate surface area is 171 Å². The van der Waals surface area contributed by atoms with Gasteiger partial charge in [0, 0.05) is 30.2 Å². The lowest BCUT2D eigenvalue weighted by molar-refractivity contribution is -0.119. The summed E-state index contributed by atoms with van der Waals surface area (Å²) in [5.74, 6) is -0.279. The molecule has 2 aromatic carbocycles. The number of morpholine rings is 1. The van der Waals surface area contributed by atoms with Crippen molar-refractivity contribution in [2.45, 2.75) is 6.92 Å². The van der Waals surface area contributed by atoms with Gasteiger partial charge in [-0.15, -0.1) is 0 Å². The van der Waals surface area contributed by atoms with Crippen molar-refractivity contribution in [3.05, 3.63) is 54.6 Å². The number of nitrogens with one attached hydrogen (secondary N) is 2. The molecule has 3 rings (SSSR count). The SMILES string of the molecule is CCN(CC(=O)Nc1ccccc1)CC(=O)Nc1ccc(N2CCOCC2)cc1. The first-order valence-electron chi connectivity index (χ1n) is 9.94. The number of hydrogen-bond acceptors (Lipinski definition) is 5. The number of carbonyl (C=O) groups is 2. The van der Waals surface area contributed by atoms with Gasteiger partial charge in [0.05, 0.1) is 26.3 Å². The van der Waals surface area contributed by atoms with Gasteiger partial charge in [0.2, 0.25) is 11.8 Å². The molecule has 7 heteroatoms. The fourth-order valence-corrected chi connectivity index (χ4v) is 3.19. The first kappa shape index (κ1) is 20.8. The van der Waals surface area contributed by atoms with Crippen LogP contribution in [-0.2, 0) is 14.3 Å². The smallest absolute Gasteiger partial charge is 0.238 e. The maximum absolute atomic E-state index is 12.4. The Hall–Kier alpha value is -2.90. The second kappa shape index (κ2) is 10.6. The summed E-state index contributed by atoms with van der Waals surface area (Å²) in [6.45, 7) is 6.08. The molecule has 2 aromatic rings. The van der Waals surface area contributed by atoms with Crippen LogP contribution in [0.4, 0.5) is 17.1 Å². The molecule has 1 fully saturated rings. The predicted molar refractivity (Wildman–Crippen MR) is 115 cm³/mol. The average Bonchev–Trinajstić information content (AvgIpc) is 2.75. The monoisotopic (exact) mass is 396 g/mol. The molecular weight excluding hydrogens is 368 g/mol. The molecule has 0 aromatic heterocycles. The van der Waals surface area contributed by atoms with E-state index in [2.05, 4.69) is 15.5 Å². The number of likely N-dealkylation sites (N-methyl/N-ethyl adjacent to an activating group) is 1. The summed E-state index contributed by atoms with van der Waals surface area (Å²) in [6.07, 6.45) is 0. The maximum Gasteiger partial charge on any atom is 0.238 e. The summed E-state index contributed by atoms with van der Waals surface area (Å²) < 4.78 is 5.37. The minimum absolute atomic E-state index is 0.138. The van der Waals surface area contributed by atoms with Crippen LogP contribution in [0.2, 0.25) is 0 Å². The van der Waals surface area contributed by atoms with Gasteiger partial charge in [0.15, 0.2) is 0 Å². The number of carbonyl (C=O) groups excluding carboxylic acids is 2. The molecule has 1 aliphatic heterocycles. The Morgan fingerprint density at radius 1 is 0.897 bits per heavy atom. The summed E-state index contributed by atoms with van der Waals surface area (Å²) in [4.78, 5) is 28.7. The Balaban J connectivity index is 1.47. The standard InChI is InChI=1S/C22H28N4O3/c1-2-25(16-21(27)23-18-6-4-3-5-7-18)17-22(28)24-19-8-10-20(11-9-19)26-12-14-29-15-13-26/h3-11H,2,12-17H2,1H3,(H,23,27)(H,24,28). The van der Waals surface area contributed by atoms with Gasteiger partial charge < -0.3 is 20.3 Å². The largest absolute Gasteiger partial charge is 0.378 e. The first-order chi connectivity index (χ1) is 14.1. The lowest BCUT2D eigenvalue weighted by Crippen LogP contribution is -2.38. The van der Waals surface area contributed by atoms with Crippen molar-refractivity contribution in [1.29, 1.82) is 0 Å². The fourth-order valence-electron chi connectivity index (χ4n) is 3.19. The molecule has 154 valence electrons. The van der Waals surface area contributed by atoms with Crippen LogP contribution < -0.4 is 15.5 Å². The molecule has 1 aliphatic rings. The molecule has 2 N–H and O–H groups in total. The lowest BCUT2D eigenvalue weighted by Gasteiger charge is -2.29. The summed E-state index contributed by atoms with van der Waals surface area (Å²) in [7, 11) is 0. The third kappa shape index (κ3) is 6.58. The van der Waals surface area contributed by atoms with Crippen molar-refractivity contribution in [3.63, 3.8) is 0 Å². The van der Waals surface area contributed by atoms with E-state index in [0.717, 1.165) is 43.4 Å². The molecule has 0 aliphatic carbocycles. The van der Waals surface area contributed by atoms with E-state index in [0.29, 0.717) is 6.54 Å². The Morgan fingerprint density at radius 3 is 2.00 bits per heavy atom. The van der Waals surface area contributed by atoms with Crippen LogP contribution in [0, 0.1) is 0 Å². The van der Waals surface area contributed by atoms with Gasteiger partial charge in [0.25, 0.3) is 0 Å². The van der Waals surface area contributed by atoms with Crippen molar-refractivity contribution in [2.75, 3.05) is 61.5 Å². The average molecular weight is 396 g/mol. The second-order valence-corrected chi connectivity index (χ2v) is 6.91. The van der Waals surface area contributed by atoms with Crippen LogP contribution in [0.1, 0.15) is 6.92 Å². The molecule has 29 heavy (non-hydrogen) atoms. The van der Waals surface area contributed by atoms with Gasteiger partial charge in [-0.1, -0.05) is 25.1 Å². The minimum Gasteiger partial charge on any atom is -0.378 e. The minimum atomic E-state index is -0.140. The van der Waals surface area contributed by atoms with Crippen molar-refractivity contribution >= 4 is 28.9 Å². The van der Waals surface area contributed by atoms with Crippen LogP contribution in [-0.4, -0.2) is 62.7 Å². The van der Waals surface area contributed by atoms with E-state index in [9.17, 15) is 9.59 Å². The number of hydrogen-bond donors (Lipinski definition) is 2. The number of rotatable bonds is 8. The molecule has 0 unspecified atom stereocenters. The highest BCUT2D eigenvalue weighted by Crippen LogP contribution is 2.19. The Morgan fingerprint density at radius 2 is 1.45 bits per heavy atom. The highest BCUT2D eigenvalue weighted by Gasteiger charge is 2.14. The van der Waals surface area contributed by atoms with Gasteiger partial charge in [-0.2, -0.15) is 0 Å². The maximum atomic E-state index is 12.4. The molecular formula is C22H28N4O3. The van der Waals surface area contributed by atoms with Gasteiger partial charge >= 0.3 is 0 Å². The molecule has 0 bridgehead atoms. The van der Waals surface area contributed by atoms with Crippen molar-refractivity contribution in [1.82, 2.24) is 4.90 Å². The summed E-state index contributed by atoms with van der Waals surface area (Å²) >= 11 is 0. The van der Waals surface area contributed by atoms with Crippen LogP contribution in [0.25, 0.3) is 0 Å². The summed E-state index contributed by atoms with van der Waals surface area (Å²) in [5.41, 5.74) is 2.62. The Kier molecular flexibility index (Phi) is 7.61. The topological polar surface area (TPSA) is 73.9 Å². The number of para-hydroxylation sites is 1. The summed E-state index contributed by atoms with van der Waals surface area (Å²) in [5, 5.41) is 5.75. The molecule has 2 amide bonds. The van der Waals surface area contributed by atoms with Gasteiger partial charge in [0.1, 0.15) is 0 Å². The van der Waals surface area contributed by atoms with E-state index < -0.39 is 0 Å². The quantitative estimate of drug-likeness (QED) is 0.717. The number of ether oxygens (including phenoxy) is 1. The molecule has 0 atom stereocenters. The van der Waals surface area contributed by atoms with Crippen molar-refractivity contribution in [3.8, 4) is 0 Å². The molecule has 0 spiro atoms. The number of benzene rings is 2. The van der Waals surface area contributed by atoms with E-state index >= 15 is 0 Å².